The lowest BCUT2D eigenvalue weighted by molar-refractivity contribution is 0.575. The highest BCUT2D eigenvalue weighted by Crippen LogP contribution is 1.97. The molecule has 0 rings (SSSR count). The van der Waals surface area contributed by atoms with E-state index in [4.69, 9.17) is 0 Å². The summed E-state index contributed by atoms with van der Waals surface area (Å²) in [6, 6.07) is 0. The third kappa shape index (κ3) is 6.61. The smallest absolute Gasteiger partial charge is 0.211 e. The van der Waals surface area contributed by atoms with E-state index in [-0.39, 0.29) is 5.75 Å². The van der Waals surface area contributed by atoms with E-state index in [1.807, 2.05) is 0 Å². The molecule has 3 nitrogen and oxygen atoms in total. The van der Waals surface area contributed by atoms with E-state index < -0.39 is 10.0 Å². The maximum atomic E-state index is 10.9. The minimum atomic E-state index is -2.96. The highest BCUT2D eigenvalue weighted by atomic mass is 32.2. The molecule has 0 bridgehead atoms. The molecule has 12 heavy (non-hydrogen) atoms. The van der Waals surface area contributed by atoms with Crippen LogP contribution < -0.4 is 4.72 Å². The van der Waals surface area contributed by atoms with Crippen LogP contribution in [0.15, 0.2) is 0 Å². The molecule has 0 atom stereocenters. The fourth-order valence-corrected chi connectivity index (χ4v) is 1.54. The zero-order valence-corrected chi connectivity index (χ0v) is 8.78. The van der Waals surface area contributed by atoms with Gasteiger partial charge in [-0.2, -0.15) is 0 Å². The molecule has 0 aliphatic rings. The van der Waals surface area contributed by atoms with Crippen LogP contribution in [0.1, 0.15) is 39.5 Å². The predicted molar refractivity (Wildman–Crippen MR) is 51.6 cm³/mol. The number of hydrogen-bond acceptors (Lipinski definition) is 2. The summed E-state index contributed by atoms with van der Waals surface area (Å²) in [5.74, 6) is 0.181. The molecule has 0 saturated carbocycles. The summed E-state index contributed by atoms with van der Waals surface area (Å²) in [7, 11) is -2.96. The molecule has 0 aliphatic heterocycles. The Balaban J connectivity index is 3.32. The van der Waals surface area contributed by atoms with Crippen LogP contribution in [0.5, 0.6) is 0 Å². The predicted octanol–water partition coefficient (Wildman–Crippen LogP) is 1.51. The minimum Gasteiger partial charge on any atom is -0.215 e. The zero-order chi connectivity index (χ0) is 9.45. The maximum Gasteiger partial charge on any atom is 0.211 e. The molecule has 0 aromatic heterocycles. The van der Waals surface area contributed by atoms with Crippen molar-refractivity contribution in [1.82, 2.24) is 4.72 Å². The Morgan fingerprint density at radius 2 is 1.75 bits per heavy atom. The lowest BCUT2D eigenvalue weighted by Gasteiger charge is -2.02. The van der Waals surface area contributed by atoms with Crippen molar-refractivity contribution in [3.8, 4) is 0 Å². The van der Waals surface area contributed by atoms with Crippen molar-refractivity contribution in [2.24, 2.45) is 0 Å². The van der Waals surface area contributed by atoms with Crippen molar-refractivity contribution >= 4 is 10.0 Å². The van der Waals surface area contributed by atoms with E-state index in [1.165, 1.54) is 12.8 Å². The topological polar surface area (TPSA) is 46.2 Å². The highest BCUT2D eigenvalue weighted by Gasteiger charge is 2.03. The van der Waals surface area contributed by atoms with E-state index in [1.54, 1.807) is 6.92 Å². The Morgan fingerprint density at radius 3 is 2.25 bits per heavy atom. The van der Waals surface area contributed by atoms with Gasteiger partial charge < -0.3 is 0 Å². The molecule has 4 heteroatoms. The molecular formula is C8H19NO2S. The van der Waals surface area contributed by atoms with Crippen LogP contribution >= 0.6 is 0 Å². The van der Waals surface area contributed by atoms with Gasteiger partial charge >= 0.3 is 0 Å². The Bertz CT molecular complexity index is 187. The van der Waals surface area contributed by atoms with E-state index >= 15 is 0 Å². The summed E-state index contributed by atoms with van der Waals surface area (Å²) in [6.45, 7) is 4.38. The molecule has 0 aliphatic carbocycles. The second-order valence-corrected chi connectivity index (χ2v) is 4.95. The van der Waals surface area contributed by atoms with Gasteiger partial charge in [0.05, 0.1) is 5.75 Å². The van der Waals surface area contributed by atoms with Crippen molar-refractivity contribution < 1.29 is 8.42 Å². The van der Waals surface area contributed by atoms with E-state index in [9.17, 15) is 8.42 Å². The van der Waals surface area contributed by atoms with E-state index in [0.29, 0.717) is 6.54 Å². The fourth-order valence-electron chi connectivity index (χ4n) is 0.882. The summed E-state index contributed by atoms with van der Waals surface area (Å²) >= 11 is 0. The SMILES string of the molecule is CCCCCCNS(=O)(=O)CC. The van der Waals surface area contributed by atoms with Gasteiger partial charge in [-0.15, -0.1) is 0 Å². The molecule has 0 aromatic rings. The molecule has 0 saturated heterocycles. The van der Waals surface area contributed by atoms with Gasteiger partial charge in [-0.05, 0) is 13.3 Å². The zero-order valence-electron chi connectivity index (χ0n) is 7.97. The van der Waals surface area contributed by atoms with E-state index in [0.717, 1.165) is 12.8 Å². The standard InChI is InChI=1S/C8H19NO2S/c1-3-5-6-7-8-9-12(10,11)4-2/h9H,3-8H2,1-2H3. The van der Waals surface area contributed by atoms with Crippen LogP contribution in [-0.4, -0.2) is 20.7 Å². The number of hydrogen-bond donors (Lipinski definition) is 1. The van der Waals surface area contributed by atoms with Crippen LogP contribution in [-0.2, 0) is 10.0 Å². The second kappa shape index (κ2) is 6.43. The second-order valence-electron chi connectivity index (χ2n) is 2.86. The molecular weight excluding hydrogens is 174 g/mol. The van der Waals surface area contributed by atoms with Crippen LogP contribution in [0.3, 0.4) is 0 Å². The third-order valence-corrected chi connectivity index (χ3v) is 3.14. The molecule has 74 valence electrons. The average Bonchev–Trinajstić information content (AvgIpc) is 2.04. The Labute approximate surface area is 75.6 Å². The molecule has 0 radical (unpaired) electrons. The minimum absolute atomic E-state index is 0.181. The largest absolute Gasteiger partial charge is 0.215 e. The van der Waals surface area contributed by atoms with Crippen molar-refractivity contribution in [1.29, 1.82) is 0 Å². The number of unbranched alkanes of at least 4 members (excludes halogenated alkanes) is 3. The van der Waals surface area contributed by atoms with Gasteiger partial charge in [0.2, 0.25) is 10.0 Å². The Kier molecular flexibility index (Phi) is 6.38. The number of rotatable bonds is 7. The average molecular weight is 193 g/mol. The van der Waals surface area contributed by atoms with Gasteiger partial charge in [-0.1, -0.05) is 26.2 Å². The molecule has 0 amide bonds. The molecule has 0 aromatic carbocycles. The summed E-state index contributed by atoms with van der Waals surface area (Å²) in [5.41, 5.74) is 0. The van der Waals surface area contributed by atoms with Crippen molar-refractivity contribution in [3.63, 3.8) is 0 Å². The van der Waals surface area contributed by atoms with Crippen molar-refractivity contribution in [2.45, 2.75) is 39.5 Å². The normalized spacial score (nSPS) is 11.8. The monoisotopic (exact) mass is 193 g/mol. The van der Waals surface area contributed by atoms with E-state index in [2.05, 4.69) is 11.6 Å². The third-order valence-electron chi connectivity index (χ3n) is 1.73. The lowest BCUT2D eigenvalue weighted by Crippen LogP contribution is -2.26. The quantitative estimate of drug-likeness (QED) is 0.623. The first-order valence-electron chi connectivity index (χ1n) is 4.59. The van der Waals surface area contributed by atoms with Crippen molar-refractivity contribution in [3.05, 3.63) is 0 Å². The van der Waals surface area contributed by atoms with Crippen LogP contribution in [0.25, 0.3) is 0 Å². The van der Waals surface area contributed by atoms with Gasteiger partial charge in [-0.25, -0.2) is 13.1 Å². The summed E-state index contributed by atoms with van der Waals surface area (Å²) in [4.78, 5) is 0. The van der Waals surface area contributed by atoms with Gasteiger partial charge in [0.1, 0.15) is 0 Å². The number of nitrogens with one attached hydrogen (secondary N) is 1. The Morgan fingerprint density at radius 1 is 1.08 bits per heavy atom. The first-order valence-corrected chi connectivity index (χ1v) is 6.25. The molecule has 0 unspecified atom stereocenters. The van der Waals surface area contributed by atoms with Crippen LogP contribution in [0.2, 0.25) is 0 Å². The first kappa shape index (κ1) is 11.9. The summed E-state index contributed by atoms with van der Waals surface area (Å²) in [6.07, 6.45) is 4.43. The summed E-state index contributed by atoms with van der Waals surface area (Å²) in [5, 5.41) is 0. The Hall–Kier alpha value is -0.0900. The van der Waals surface area contributed by atoms with Crippen LogP contribution in [0, 0.1) is 0 Å². The van der Waals surface area contributed by atoms with Crippen molar-refractivity contribution in [2.75, 3.05) is 12.3 Å². The number of sulfonamides is 1. The maximum absolute atomic E-state index is 10.9. The molecule has 0 heterocycles. The summed E-state index contributed by atoms with van der Waals surface area (Å²) < 4.78 is 24.4. The first-order chi connectivity index (χ1) is 5.62. The van der Waals surface area contributed by atoms with Gasteiger partial charge in [0.15, 0.2) is 0 Å². The molecule has 0 spiro atoms. The molecule has 1 N–H and O–H groups in total. The van der Waals surface area contributed by atoms with Crippen LogP contribution in [0.4, 0.5) is 0 Å². The highest BCUT2D eigenvalue weighted by molar-refractivity contribution is 7.89. The fraction of sp³-hybridized carbons (Fsp3) is 1.00. The molecule has 0 fully saturated rings. The van der Waals surface area contributed by atoms with Gasteiger partial charge in [0.25, 0.3) is 0 Å². The van der Waals surface area contributed by atoms with Gasteiger partial charge in [-0.3, -0.25) is 0 Å². The van der Waals surface area contributed by atoms with Gasteiger partial charge in [0, 0.05) is 6.54 Å². The lowest BCUT2D eigenvalue weighted by atomic mass is 10.2.